The van der Waals surface area contributed by atoms with Gasteiger partial charge in [0, 0.05) is 27.3 Å². The second-order valence-electron chi connectivity index (χ2n) is 7.85. The van der Waals surface area contributed by atoms with E-state index in [-0.39, 0.29) is 6.04 Å². The van der Waals surface area contributed by atoms with Crippen LogP contribution in [0.3, 0.4) is 0 Å². The highest BCUT2D eigenvalue weighted by Gasteiger charge is 2.48. The molecule has 132 valence electrons. The van der Waals surface area contributed by atoms with Crippen LogP contribution in [-0.2, 0) is 9.59 Å². The Morgan fingerprint density at radius 1 is 1.21 bits per heavy atom. The number of benzene rings is 1. The van der Waals surface area contributed by atoms with Crippen molar-refractivity contribution >= 4 is 33.4 Å². The van der Waals surface area contributed by atoms with E-state index in [9.17, 15) is 9.59 Å². The Kier molecular flexibility index (Phi) is 5.11. The lowest BCUT2D eigenvalue weighted by Crippen LogP contribution is -2.66. The van der Waals surface area contributed by atoms with Crippen LogP contribution in [0, 0.1) is 6.92 Å². The summed E-state index contributed by atoms with van der Waals surface area (Å²) in [6.45, 7) is 9.77. The van der Waals surface area contributed by atoms with E-state index in [2.05, 4.69) is 21.2 Å². The van der Waals surface area contributed by atoms with E-state index in [0.717, 1.165) is 10.0 Å². The average Bonchev–Trinajstić information content (AvgIpc) is 2.39. The Morgan fingerprint density at radius 3 is 2.25 bits per heavy atom. The number of carbonyl (C=O) groups excluding carboxylic acids is 2. The van der Waals surface area contributed by atoms with Gasteiger partial charge < -0.3 is 16.0 Å². The van der Waals surface area contributed by atoms with Crippen LogP contribution in [0.2, 0.25) is 0 Å². The number of anilines is 1. The Labute approximate surface area is 152 Å². The number of hydrogen-bond donors (Lipinski definition) is 2. The number of aryl methyl sites for hydroxylation is 1. The van der Waals surface area contributed by atoms with Gasteiger partial charge in [0.25, 0.3) is 0 Å². The van der Waals surface area contributed by atoms with Gasteiger partial charge in [-0.15, -0.1) is 0 Å². The van der Waals surface area contributed by atoms with E-state index < -0.39 is 22.9 Å². The van der Waals surface area contributed by atoms with Crippen LogP contribution in [0.25, 0.3) is 0 Å². The van der Waals surface area contributed by atoms with Crippen molar-refractivity contribution in [3.05, 3.63) is 28.2 Å². The molecule has 0 saturated carbocycles. The zero-order chi connectivity index (χ0) is 18.3. The highest BCUT2D eigenvalue weighted by molar-refractivity contribution is 9.10. The van der Waals surface area contributed by atoms with Crippen LogP contribution in [0.1, 0.15) is 46.1 Å². The van der Waals surface area contributed by atoms with E-state index in [0.29, 0.717) is 18.5 Å². The number of halogens is 1. The van der Waals surface area contributed by atoms with E-state index in [1.807, 2.05) is 46.8 Å². The molecule has 24 heavy (non-hydrogen) atoms. The summed E-state index contributed by atoms with van der Waals surface area (Å²) in [6.07, 6.45) is 1.35. The van der Waals surface area contributed by atoms with Crippen LogP contribution in [-0.4, -0.2) is 33.8 Å². The second kappa shape index (κ2) is 6.48. The highest BCUT2D eigenvalue weighted by Crippen LogP contribution is 2.38. The number of nitrogens with one attached hydrogen (secondary N) is 1. The van der Waals surface area contributed by atoms with Crippen molar-refractivity contribution in [2.75, 3.05) is 5.32 Å². The maximum absolute atomic E-state index is 12.9. The third-order valence-corrected chi connectivity index (χ3v) is 5.44. The molecule has 1 aliphatic heterocycles. The Balaban J connectivity index is 2.22. The lowest BCUT2D eigenvalue weighted by atomic mass is 9.77. The molecular weight excluding hydrogens is 370 g/mol. The molecule has 1 aromatic carbocycles. The minimum absolute atomic E-state index is 0.0243. The number of rotatable bonds is 1. The molecule has 0 unspecified atom stereocenters. The highest BCUT2D eigenvalue weighted by atomic mass is 79.9. The normalized spacial score (nSPS) is 19.9. The molecule has 0 radical (unpaired) electrons. The van der Waals surface area contributed by atoms with Crippen molar-refractivity contribution in [1.29, 1.82) is 0 Å². The first kappa shape index (κ1) is 18.9. The minimum atomic E-state index is -0.617. The van der Waals surface area contributed by atoms with E-state index in [4.69, 9.17) is 5.73 Å². The lowest BCUT2D eigenvalue weighted by molar-refractivity contribution is -0.156. The van der Waals surface area contributed by atoms with Gasteiger partial charge in [0.15, 0.2) is 0 Å². The van der Waals surface area contributed by atoms with Crippen molar-refractivity contribution < 1.29 is 9.59 Å². The van der Waals surface area contributed by atoms with Crippen LogP contribution in [0.15, 0.2) is 22.7 Å². The first-order valence-corrected chi connectivity index (χ1v) is 8.91. The zero-order valence-electron chi connectivity index (χ0n) is 14.9. The standard InChI is InChI=1S/C18H26BrN3O2/c1-11-8-13(6-7-14(11)19)21-15(23)16(24)22-17(2,3)9-12(20)10-18(22,4)5/h6-8,12H,9-10,20H2,1-5H3,(H,21,23). The molecule has 2 amide bonds. The van der Waals surface area contributed by atoms with Crippen molar-refractivity contribution in [3.63, 3.8) is 0 Å². The first-order valence-electron chi connectivity index (χ1n) is 8.11. The summed E-state index contributed by atoms with van der Waals surface area (Å²) < 4.78 is 0.958. The molecule has 0 aromatic heterocycles. The van der Waals surface area contributed by atoms with Crippen LogP contribution in [0.4, 0.5) is 5.69 Å². The summed E-state index contributed by atoms with van der Waals surface area (Å²) in [7, 11) is 0. The van der Waals surface area contributed by atoms with Gasteiger partial charge in [0.1, 0.15) is 0 Å². The number of likely N-dealkylation sites (tertiary alicyclic amines) is 1. The molecule has 0 atom stereocenters. The van der Waals surface area contributed by atoms with Gasteiger partial charge in [-0.3, -0.25) is 9.59 Å². The third-order valence-electron chi connectivity index (χ3n) is 4.55. The first-order chi connectivity index (χ1) is 10.9. The van der Waals surface area contributed by atoms with Crippen molar-refractivity contribution in [2.24, 2.45) is 5.73 Å². The van der Waals surface area contributed by atoms with Gasteiger partial charge in [-0.05, 0) is 71.2 Å². The van der Waals surface area contributed by atoms with Gasteiger partial charge in [-0.25, -0.2) is 0 Å². The van der Waals surface area contributed by atoms with E-state index >= 15 is 0 Å². The predicted octanol–water partition coefficient (Wildman–Crippen LogP) is 3.20. The molecule has 1 fully saturated rings. The number of amides is 2. The summed E-state index contributed by atoms with van der Waals surface area (Å²) in [5.74, 6) is -1.13. The fourth-order valence-corrected chi connectivity index (χ4v) is 4.16. The van der Waals surface area contributed by atoms with E-state index in [1.165, 1.54) is 0 Å². The fourth-order valence-electron chi connectivity index (χ4n) is 3.92. The van der Waals surface area contributed by atoms with Crippen molar-refractivity contribution in [2.45, 2.75) is 64.6 Å². The number of nitrogens with zero attached hydrogens (tertiary/aromatic N) is 1. The molecule has 0 spiro atoms. The van der Waals surface area contributed by atoms with Crippen molar-refractivity contribution in [1.82, 2.24) is 4.90 Å². The second-order valence-corrected chi connectivity index (χ2v) is 8.71. The average molecular weight is 396 g/mol. The van der Waals surface area contributed by atoms with E-state index in [1.54, 1.807) is 11.0 Å². The summed E-state index contributed by atoms with van der Waals surface area (Å²) in [6, 6.07) is 5.47. The van der Waals surface area contributed by atoms with Crippen LogP contribution >= 0.6 is 15.9 Å². The zero-order valence-corrected chi connectivity index (χ0v) is 16.5. The molecular formula is C18H26BrN3O2. The summed E-state index contributed by atoms with van der Waals surface area (Å²) >= 11 is 3.42. The third kappa shape index (κ3) is 3.81. The molecule has 1 aliphatic rings. The molecule has 1 heterocycles. The molecule has 1 saturated heterocycles. The summed E-state index contributed by atoms with van der Waals surface area (Å²) in [5, 5.41) is 2.71. The molecule has 2 rings (SSSR count). The van der Waals surface area contributed by atoms with Gasteiger partial charge in [-0.2, -0.15) is 0 Å². The summed E-state index contributed by atoms with van der Waals surface area (Å²) in [4.78, 5) is 27.1. The fraction of sp³-hybridized carbons (Fsp3) is 0.556. The summed E-state index contributed by atoms with van der Waals surface area (Å²) in [5.41, 5.74) is 6.80. The maximum Gasteiger partial charge on any atom is 0.313 e. The smallest absolute Gasteiger partial charge is 0.313 e. The minimum Gasteiger partial charge on any atom is -0.328 e. The van der Waals surface area contributed by atoms with Crippen molar-refractivity contribution in [3.8, 4) is 0 Å². The Morgan fingerprint density at radius 2 is 1.75 bits per heavy atom. The molecule has 1 aromatic rings. The lowest BCUT2D eigenvalue weighted by Gasteiger charge is -2.54. The van der Waals surface area contributed by atoms with Crippen LogP contribution in [0.5, 0.6) is 0 Å². The molecule has 6 heteroatoms. The number of hydrogen-bond acceptors (Lipinski definition) is 3. The molecule has 5 nitrogen and oxygen atoms in total. The van der Waals surface area contributed by atoms with Crippen LogP contribution < -0.4 is 11.1 Å². The molecule has 0 aliphatic carbocycles. The Hall–Kier alpha value is -1.40. The quantitative estimate of drug-likeness (QED) is 0.716. The predicted molar refractivity (Wildman–Crippen MR) is 99.7 cm³/mol. The number of nitrogens with two attached hydrogens (primary N) is 1. The topological polar surface area (TPSA) is 75.4 Å². The van der Waals surface area contributed by atoms with Gasteiger partial charge in [0.05, 0.1) is 0 Å². The molecule has 3 N–H and O–H groups in total. The SMILES string of the molecule is Cc1cc(NC(=O)C(=O)N2C(C)(C)CC(N)CC2(C)C)ccc1Br. The van der Waals surface area contributed by atoms with Gasteiger partial charge in [0.2, 0.25) is 0 Å². The van der Waals surface area contributed by atoms with Gasteiger partial charge in [-0.1, -0.05) is 15.9 Å². The van der Waals surface area contributed by atoms with Gasteiger partial charge >= 0.3 is 11.8 Å². The number of piperidine rings is 1. The largest absolute Gasteiger partial charge is 0.328 e. The molecule has 0 bridgehead atoms. The Bertz CT molecular complexity index is 652. The maximum atomic E-state index is 12.9. The number of carbonyl (C=O) groups is 2. The monoisotopic (exact) mass is 395 g/mol.